The van der Waals surface area contributed by atoms with Crippen LogP contribution in [-0.2, 0) is 16.9 Å². The minimum atomic E-state index is -1.28. The highest BCUT2D eigenvalue weighted by Gasteiger charge is 2.27. The maximum absolute atomic E-state index is 11.9. The molecule has 2 heterocycles. The van der Waals surface area contributed by atoms with Gasteiger partial charge >= 0.3 is 0 Å². The Kier molecular flexibility index (Phi) is 4.26. The number of methoxy groups -OCH3 is 1. The molecule has 6 nitrogen and oxygen atoms in total. The van der Waals surface area contributed by atoms with Gasteiger partial charge in [-0.25, -0.2) is 0 Å². The molecule has 0 saturated heterocycles. The van der Waals surface area contributed by atoms with E-state index in [1.807, 2.05) is 0 Å². The van der Waals surface area contributed by atoms with E-state index in [0.717, 1.165) is 0 Å². The average molecular weight is 279 g/mol. The number of ether oxygens (including phenoxy) is 1. The third kappa shape index (κ3) is 3.28. The molecule has 2 rings (SSSR count). The van der Waals surface area contributed by atoms with Crippen molar-refractivity contribution in [3.8, 4) is 0 Å². The van der Waals surface area contributed by atoms with E-state index >= 15 is 0 Å². The van der Waals surface area contributed by atoms with E-state index < -0.39 is 11.5 Å². The molecule has 20 heavy (non-hydrogen) atoms. The van der Waals surface area contributed by atoms with Crippen LogP contribution in [0.2, 0.25) is 0 Å². The van der Waals surface area contributed by atoms with Gasteiger partial charge in [-0.1, -0.05) is 0 Å². The highest BCUT2D eigenvalue weighted by molar-refractivity contribution is 5.91. The summed E-state index contributed by atoms with van der Waals surface area (Å²) in [5.74, 6) is 0.722. The molecule has 1 unspecified atom stereocenters. The zero-order chi connectivity index (χ0) is 14.6. The summed E-state index contributed by atoms with van der Waals surface area (Å²) in [6.45, 7) is 1.88. The quantitative estimate of drug-likeness (QED) is 0.840. The van der Waals surface area contributed by atoms with Crippen LogP contribution in [-0.4, -0.2) is 24.7 Å². The van der Waals surface area contributed by atoms with Gasteiger partial charge in [0.1, 0.15) is 23.7 Å². The molecule has 108 valence electrons. The maximum atomic E-state index is 11.9. The molecule has 1 amide bonds. The van der Waals surface area contributed by atoms with Crippen LogP contribution in [0.4, 0.5) is 0 Å². The van der Waals surface area contributed by atoms with E-state index in [-0.39, 0.29) is 12.3 Å². The molecule has 6 heteroatoms. The Morgan fingerprint density at radius 3 is 2.90 bits per heavy atom. The van der Waals surface area contributed by atoms with E-state index in [9.17, 15) is 9.90 Å². The predicted molar refractivity (Wildman–Crippen MR) is 70.0 cm³/mol. The van der Waals surface area contributed by atoms with Crippen molar-refractivity contribution in [2.24, 2.45) is 0 Å². The monoisotopic (exact) mass is 279 g/mol. The Bertz CT molecular complexity index is 556. The highest BCUT2D eigenvalue weighted by Crippen LogP contribution is 2.20. The molecular weight excluding hydrogens is 262 g/mol. The molecular formula is C14H17NO5. The Labute approximate surface area is 116 Å². The van der Waals surface area contributed by atoms with Crippen molar-refractivity contribution in [3.63, 3.8) is 0 Å². The van der Waals surface area contributed by atoms with Gasteiger partial charge in [0.05, 0.1) is 12.8 Å². The molecule has 2 aromatic rings. The van der Waals surface area contributed by atoms with Gasteiger partial charge in [-0.15, -0.1) is 0 Å². The second-order valence-electron chi connectivity index (χ2n) is 4.63. The first-order valence-corrected chi connectivity index (χ1v) is 6.15. The van der Waals surface area contributed by atoms with E-state index in [1.54, 1.807) is 38.3 Å². The Hall–Kier alpha value is -2.05. The summed E-state index contributed by atoms with van der Waals surface area (Å²) < 4.78 is 15.3. The Balaban J connectivity index is 1.94. The third-order valence-electron chi connectivity index (χ3n) is 2.82. The summed E-state index contributed by atoms with van der Waals surface area (Å²) in [5.41, 5.74) is -1.28. The van der Waals surface area contributed by atoms with Crippen molar-refractivity contribution in [3.05, 3.63) is 47.8 Å². The molecule has 0 saturated carbocycles. The predicted octanol–water partition coefficient (Wildman–Crippen LogP) is 1.66. The summed E-state index contributed by atoms with van der Waals surface area (Å²) in [4.78, 5) is 11.9. The smallest absolute Gasteiger partial charge is 0.287 e. The van der Waals surface area contributed by atoms with E-state index in [0.29, 0.717) is 18.1 Å². The average Bonchev–Trinajstić information content (AvgIpc) is 3.07. The molecule has 0 aromatic carbocycles. The van der Waals surface area contributed by atoms with Gasteiger partial charge in [0.15, 0.2) is 5.76 Å². The van der Waals surface area contributed by atoms with Gasteiger partial charge < -0.3 is 24.0 Å². The molecule has 0 aliphatic rings. The zero-order valence-corrected chi connectivity index (χ0v) is 11.4. The van der Waals surface area contributed by atoms with Crippen LogP contribution in [0.15, 0.2) is 39.4 Å². The van der Waals surface area contributed by atoms with E-state index in [1.165, 1.54) is 6.26 Å². The van der Waals surface area contributed by atoms with Crippen molar-refractivity contribution in [1.29, 1.82) is 0 Å². The summed E-state index contributed by atoms with van der Waals surface area (Å²) >= 11 is 0. The molecule has 0 aliphatic carbocycles. The fourth-order valence-corrected chi connectivity index (χ4v) is 1.73. The molecule has 2 N–H and O–H groups in total. The van der Waals surface area contributed by atoms with Crippen LogP contribution in [0.5, 0.6) is 0 Å². The molecule has 0 radical (unpaired) electrons. The maximum Gasteiger partial charge on any atom is 0.287 e. The highest BCUT2D eigenvalue weighted by atomic mass is 16.5. The van der Waals surface area contributed by atoms with Crippen molar-refractivity contribution >= 4 is 5.91 Å². The minimum absolute atomic E-state index is 0.0135. The van der Waals surface area contributed by atoms with E-state index in [4.69, 9.17) is 13.6 Å². The van der Waals surface area contributed by atoms with E-state index in [2.05, 4.69) is 5.32 Å². The fourth-order valence-electron chi connectivity index (χ4n) is 1.73. The number of amides is 1. The number of hydrogen-bond donors (Lipinski definition) is 2. The van der Waals surface area contributed by atoms with Crippen molar-refractivity contribution < 1.29 is 23.5 Å². The summed E-state index contributed by atoms with van der Waals surface area (Å²) in [5, 5.41) is 12.8. The van der Waals surface area contributed by atoms with Crippen LogP contribution in [0.3, 0.4) is 0 Å². The second kappa shape index (κ2) is 5.94. The van der Waals surface area contributed by atoms with Gasteiger partial charge in [-0.2, -0.15) is 0 Å². The number of aliphatic hydroxyl groups is 1. The summed E-state index contributed by atoms with van der Waals surface area (Å²) in [6.07, 6.45) is 1.47. The number of nitrogens with one attached hydrogen (secondary N) is 1. The van der Waals surface area contributed by atoms with Crippen LogP contribution in [0.25, 0.3) is 0 Å². The molecule has 2 aromatic heterocycles. The first-order chi connectivity index (χ1) is 9.53. The number of carbonyl (C=O) groups is 1. The van der Waals surface area contributed by atoms with Crippen LogP contribution < -0.4 is 5.32 Å². The Morgan fingerprint density at radius 1 is 1.45 bits per heavy atom. The van der Waals surface area contributed by atoms with Gasteiger partial charge in [0.2, 0.25) is 0 Å². The molecule has 0 aliphatic heterocycles. The lowest BCUT2D eigenvalue weighted by molar-refractivity contribution is 0.0325. The lowest BCUT2D eigenvalue weighted by Gasteiger charge is -2.20. The topological polar surface area (TPSA) is 84.8 Å². The molecule has 1 atom stereocenters. The third-order valence-corrected chi connectivity index (χ3v) is 2.82. The molecule has 0 bridgehead atoms. The standard InChI is InChI=1S/C14H17NO5/c1-14(17,12-4-3-7-19-12)9-15-13(16)11-6-5-10(20-11)8-18-2/h3-7,17H,8-9H2,1-2H3,(H,15,16). The number of carbonyl (C=O) groups excluding carboxylic acids is 1. The lowest BCUT2D eigenvalue weighted by Crippen LogP contribution is -2.38. The second-order valence-corrected chi connectivity index (χ2v) is 4.63. The van der Waals surface area contributed by atoms with Gasteiger partial charge in [-0.3, -0.25) is 4.79 Å². The van der Waals surface area contributed by atoms with Crippen LogP contribution >= 0.6 is 0 Å². The largest absolute Gasteiger partial charge is 0.466 e. The minimum Gasteiger partial charge on any atom is -0.466 e. The summed E-state index contributed by atoms with van der Waals surface area (Å²) in [6, 6.07) is 6.55. The van der Waals surface area contributed by atoms with Crippen molar-refractivity contribution in [1.82, 2.24) is 5.32 Å². The molecule has 0 spiro atoms. The normalized spacial score (nSPS) is 13.9. The van der Waals surface area contributed by atoms with Gasteiger partial charge in [0, 0.05) is 7.11 Å². The first-order valence-electron chi connectivity index (χ1n) is 6.15. The van der Waals surface area contributed by atoms with Crippen LogP contribution in [0, 0.1) is 0 Å². The SMILES string of the molecule is COCc1ccc(C(=O)NCC(C)(O)c2ccco2)o1. The first kappa shape index (κ1) is 14.4. The van der Waals surface area contributed by atoms with Gasteiger partial charge in [-0.05, 0) is 31.2 Å². The van der Waals surface area contributed by atoms with Crippen LogP contribution in [0.1, 0.15) is 29.0 Å². The number of rotatable bonds is 6. The molecule has 0 fully saturated rings. The number of furan rings is 2. The van der Waals surface area contributed by atoms with Crippen molar-refractivity contribution in [2.45, 2.75) is 19.1 Å². The van der Waals surface area contributed by atoms with Gasteiger partial charge in [0.25, 0.3) is 5.91 Å². The Morgan fingerprint density at radius 2 is 2.25 bits per heavy atom. The number of hydrogen-bond acceptors (Lipinski definition) is 5. The fraction of sp³-hybridized carbons (Fsp3) is 0.357. The lowest BCUT2D eigenvalue weighted by atomic mass is 10.0. The zero-order valence-electron chi connectivity index (χ0n) is 11.4. The summed E-state index contributed by atoms with van der Waals surface area (Å²) in [7, 11) is 1.54. The van der Waals surface area contributed by atoms with Crippen molar-refractivity contribution in [2.75, 3.05) is 13.7 Å².